The number of aryl methyl sites for hydroxylation is 2. The van der Waals surface area contributed by atoms with Gasteiger partial charge in [-0.2, -0.15) is 0 Å². The number of ether oxygens (including phenoxy) is 1. The molecule has 1 aromatic rings. The van der Waals surface area contributed by atoms with Gasteiger partial charge < -0.3 is 9.84 Å². The van der Waals surface area contributed by atoms with Crippen molar-refractivity contribution in [2.75, 3.05) is 0 Å². The fourth-order valence-corrected chi connectivity index (χ4v) is 3.86. The van der Waals surface area contributed by atoms with E-state index >= 15 is 0 Å². The lowest BCUT2D eigenvalue weighted by atomic mass is 9.88. The van der Waals surface area contributed by atoms with Crippen LogP contribution < -0.4 is 4.74 Å². The quantitative estimate of drug-likeness (QED) is 0.429. The first-order valence-electron chi connectivity index (χ1n) is 11.1. The molecule has 0 saturated heterocycles. The molecule has 0 spiro atoms. The van der Waals surface area contributed by atoms with E-state index in [0.717, 1.165) is 61.8 Å². The summed E-state index contributed by atoms with van der Waals surface area (Å²) in [5.74, 6) is 1.32. The van der Waals surface area contributed by atoms with Crippen molar-refractivity contribution in [1.29, 1.82) is 0 Å². The minimum absolute atomic E-state index is 0.116. The standard InChI is InChI=1S/C27H40O2/c1-20(2)10-7-11-21(3)12-8-13-22(4)14-9-16-27(6)17-15-24-19-25(28)23(5)18-26(24)29-27/h10,12,14,18-19,28H,7-9,11,13,15-17H2,1-6H3/b21-12+,22-14+. The lowest BCUT2D eigenvalue weighted by Crippen LogP contribution is -2.36. The molecule has 0 bridgehead atoms. The zero-order chi connectivity index (χ0) is 21.4. The smallest absolute Gasteiger partial charge is 0.123 e. The van der Waals surface area contributed by atoms with Crippen LogP contribution >= 0.6 is 0 Å². The van der Waals surface area contributed by atoms with Crippen LogP contribution in [-0.2, 0) is 6.42 Å². The summed E-state index contributed by atoms with van der Waals surface area (Å²) in [4.78, 5) is 0. The SMILES string of the molecule is CC(C)=CCC/C(C)=C/CC/C(C)=C/CCC1(C)CCc2cc(O)c(C)cc2O1. The molecule has 2 rings (SSSR count). The first-order valence-corrected chi connectivity index (χ1v) is 11.1. The van der Waals surface area contributed by atoms with E-state index in [9.17, 15) is 5.11 Å². The molecular weight excluding hydrogens is 356 g/mol. The van der Waals surface area contributed by atoms with Crippen LogP contribution in [0.3, 0.4) is 0 Å². The molecule has 1 atom stereocenters. The van der Waals surface area contributed by atoms with Gasteiger partial charge in [-0.3, -0.25) is 0 Å². The Labute approximate surface area is 178 Å². The minimum atomic E-state index is -0.116. The summed E-state index contributed by atoms with van der Waals surface area (Å²) in [5.41, 5.74) is 6.27. The topological polar surface area (TPSA) is 29.5 Å². The second-order valence-electron chi connectivity index (χ2n) is 9.30. The van der Waals surface area contributed by atoms with Crippen LogP contribution in [0.2, 0.25) is 0 Å². The summed E-state index contributed by atoms with van der Waals surface area (Å²) < 4.78 is 6.35. The van der Waals surface area contributed by atoms with Crippen LogP contribution in [0.1, 0.15) is 90.7 Å². The lowest BCUT2D eigenvalue weighted by molar-refractivity contribution is 0.0569. The third kappa shape index (κ3) is 7.76. The highest BCUT2D eigenvalue weighted by atomic mass is 16.5. The van der Waals surface area contributed by atoms with E-state index in [1.54, 1.807) is 0 Å². The molecule has 1 heterocycles. The van der Waals surface area contributed by atoms with Gasteiger partial charge in [0.05, 0.1) is 0 Å². The van der Waals surface area contributed by atoms with Gasteiger partial charge in [0.15, 0.2) is 0 Å². The Hall–Kier alpha value is -1.96. The van der Waals surface area contributed by atoms with Gasteiger partial charge in [0, 0.05) is 0 Å². The minimum Gasteiger partial charge on any atom is -0.508 e. The summed E-state index contributed by atoms with van der Waals surface area (Å²) in [6, 6.07) is 3.85. The molecule has 0 fully saturated rings. The van der Waals surface area contributed by atoms with E-state index in [0.29, 0.717) is 5.75 Å². The number of phenolic OH excluding ortho intramolecular Hbond substituents is 1. The van der Waals surface area contributed by atoms with Gasteiger partial charge in [0.25, 0.3) is 0 Å². The molecular formula is C27H40O2. The van der Waals surface area contributed by atoms with E-state index < -0.39 is 0 Å². The summed E-state index contributed by atoms with van der Waals surface area (Å²) in [7, 11) is 0. The van der Waals surface area contributed by atoms with Crippen LogP contribution in [0, 0.1) is 6.92 Å². The van der Waals surface area contributed by atoms with Crippen LogP contribution in [0.25, 0.3) is 0 Å². The number of benzene rings is 1. The highest BCUT2D eigenvalue weighted by Gasteiger charge is 2.31. The maximum absolute atomic E-state index is 9.91. The number of phenols is 1. The Bertz CT molecular complexity index is 778. The zero-order valence-corrected chi connectivity index (χ0v) is 19.4. The fraction of sp³-hybridized carbons (Fsp3) is 0.556. The number of allylic oxidation sites excluding steroid dienone is 6. The first-order chi connectivity index (χ1) is 13.7. The molecule has 1 aliphatic heterocycles. The third-order valence-corrected chi connectivity index (χ3v) is 5.95. The Morgan fingerprint density at radius 3 is 2.28 bits per heavy atom. The van der Waals surface area contributed by atoms with Crippen molar-refractivity contribution in [3.8, 4) is 11.5 Å². The van der Waals surface area contributed by atoms with E-state index in [1.807, 2.05) is 19.1 Å². The molecule has 2 heteroatoms. The predicted molar refractivity (Wildman–Crippen MR) is 125 cm³/mol. The van der Waals surface area contributed by atoms with Crippen molar-refractivity contribution in [1.82, 2.24) is 0 Å². The normalized spacial score (nSPS) is 19.5. The highest BCUT2D eigenvalue weighted by Crippen LogP contribution is 2.38. The highest BCUT2D eigenvalue weighted by molar-refractivity contribution is 5.46. The molecule has 160 valence electrons. The van der Waals surface area contributed by atoms with Crippen LogP contribution in [0.5, 0.6) is 11.5 Å². The molecule has 0 saturated carbocycles. The van der Waals surface area contributed by atoms with Gasteiger partial charge in [-0.15, -0.1) is 0 Å². The molecule has 0 amide bonds. The molecule has 1 unspecified atom stereocenters. The average Bonchev–Trinajstić information content (AvgIpc) is 2.63. The van der Waals surface area contributed by atoms with Gasteiger partial charge in [-0.25, -0.2) is 0 Å². The summed E-state index contributed by atoms with van der Waals surface area (Å²) in [5, 5.41) is 9.91. The molecule has 2 nitrogen and oxygen atoms in total. The number of aromatic hydroxyl groups is 1. The van der Waals surface area contributed by atoms with Gasteiger partial charge in [0.1, 0.15) is 17.1 Å². The summed E-state index contributed by atoms with van der Waals surface area (Å²) in [6.07, 6.45) is 15.8. The zero-order valence-electron chi connectivity index (χ0n) is 19.4. The molecule has 1 N–H and O–H groups in total. The van der Waals surface area contributed by atoms with Crippen LogP contribution in [0.15, 0.2) is 47.1 Å². The van der Waals surface area contributed by atoms with Gasteiger partial charge >= 0.3 is 0 Å². The van der Waals surface area contributed by atoms with E-state index in [2.05, 4.69) is 52.8 Å². The molecule has 0 aromatic heterocycles. The van der Waals surface area contributed by atoms with E-state index in [1.165, 1.54) is 23.1 Å². The molecule has 29 heavy (non-hydrogen) atoms. The van der Waals surface area contributed by atoms with Gasteiger partial charge in [-0.05, 0) is 116 Å². The second kappa shape index (κ2) is 10.7. The predicted octanol–water partition coefficient (Wildman–Crippen LogP) is 7.98. The maximum Gasteiger partial charge on any atom is 0.123 e. The van der Waals surface area contributed by atoms with Gasteiger partial charge in [-0.1, -0.05) is 34.9 Å². The first kappa shape index (κ1) is 23.3. The Morgan fingerprint density at radius 2 is 1.62 bits per heavy atom. The van der Waals surface area contributed by atoms with Crippen LogP contribution in [0.4, 0.5) is 0 Å². The van der Waals surface area contributed by atoms with Crippen LogP contribution in [-0.4, -0.2) is 10.7 Å². The second-order valence-corrected chi connectivity index (χ2v) is 9.30. The Balaban J connectivity index is 1.78. The molecule has 0 aliphatic carbocycles. The summed E-state index contributed by atoms with van der Waals surface area (Å²) in [6.45, 7) is 13.0. The van der Waals surface area contributed by atoms with E-state index in [4.69, 9.17) is 4.74 Å². The number of hydrogen-bond donors (Lipinski definition) is 1. The number of fused-ring (bicyclic) bond motifs is 1. The fourth-order valence-electron chi connectivity index (χ4n) is 3.86. The summed E-state index contributed by atoms with van der Waals surface area (Å²) >= 11 is 0. The largest absolute Gasteiger partial charge is 0.508 e. The molecule has 1 aliphatic rings. The van der Waals surface area contributed by atoms with Crippen molar-refractivity contribution in [2.24, 2.45) is 0 Å². The van der Waals surface area contributed by atoms with Crippen molar-refractivity contribution in [3.05, 3.63) is 58.2 Å². The van der Waals surface area contributed by atoms with Crippen molar-refractivity contribution in [2.45, 2.75) is 98.5 Å². The van der Waals surface area contributed by atoms with Crippen molar-refractivity contribution < 1.29 is 9.84 Å². The Morgan fingerprint density at radius 1 is 1.00 bits per heavy atom. The maximum atomic E-state index is 9.91. The molecule has 1 aromatic carbocycles. The third-order valence-electron chi connectivity index (χ3n) is 5.95. The van der Waals surface area contributed by atoms with Crippen molar-refractivity contribution >= 4 is 0 Å². The van der Waals surface area contributed by atoms with Crippen molar-refractivity contribution in [3.63, 3.8) is 0 Å². The Kier molecular flexibility index (Phi) is 8.61. The van der Waals surface area contributed by atoms with E-state index in [-0.39, 0.29) is 5.60 Å². The monoisotopic (exact) mass is 396 g/mol. The number of rotatable bonds is 9. The molecule has 0 radical (unpaired) electrons. The average molecular weight is 397 g/mol. The number of hydrogen-bond acceptors (Lipinski definition) is 2. The lowest BCUT2D eigenvalue weighted by Gasteiger charge is -2.36. The van der Waals surface area contributed by atoms with Gasteiger partial charge in [0.2, 0.25) is 0 Å².